The number of aromatic carboxylic acids is 1. The molecule has 5 rings (SSSR count). The SMILES string of the molecule is Cc1cccc(N2CCN(c3cc(C(=O)O)c4cc(NC(=O)C5CCC5)ccc4n3)CC2)c1C. The van der Waals surface area contributed by atoms with Crippen LogP contribution in [0.4, 0.5) is 17.2 Å². The van der Waals surface area contributed by atoms with E-state index in [-0.39, 0.29) is 17.4 Å². The minimum absolute atomic E-state index is 0.00812. The summed E-state index contributed by atoms with van der Waals surface area (Å²) < 4.78 is 0. The van der Waals surface area contributed by atoms with Crippen LogP contribution in [0.1, 0.15) is 40.7 Å². The van der Waals surface area contributed by atoms with Crippen LogP contribution < -0.4 is 15.1 Å². The molecule has 1 amide bonds. The van der Waals surface area contributed by atoms with E-state index in [4.69, 9.17) is 4.98 Å². The fourth-order valence-corrected chi connectivity index (χ4v) is 4.80. The van der Waals surface area contributed by atoms with Crippen molar-refractivity contribution in [2.45, 2.75) is 33.1 Å². The summed E-state index contributed by atoms with van der Waals surface area (Å²) in [5.74, 6) is -0.243. The quantitative estimate of drug-likeness (QED) is 0.581. The van der Waals surface area contributed by atoms with Gasteiger partial charge in [0.05, 0.1) is 11.1 Å². The number of amides is 1. The van der Waals surface area contributed by atoms with Crippen LogP contribution >= 0.6 is 0 Å². The molecule has 7 nitrogen and oxygen atoms in total. The third-order valence-electron chi connectivity index (χ3n) is 7.29. The molecule has 0 atom stereocenters. The van der Waals surface area contributed by atoms with Crippen molar-refractivity contribution in [1.29, 1.82) is 0 Å². The van der Waals surface area contributed by atoms with Crippen LogP contribution in [0.15, 0.2) is 42.5 Å². The number of nitrogens with zero attached hydrogens (tertiary/aromatic N) is 3. The Morgan fingerprint density at radius 3 is 2.41 bits per heavy atom. The van der Waals surface area contributed by atoms with Crippen molar-refractivity contribution in [3.05, 3.63) is 59.2 Å². The van der Waals surface area contributed by atoms with Gasteiger partial charge in [-0.1, -0.05) is 18.6 Å². The summed E-state index contributed by atoms with van der Waals surface area (Å²) in [6.07, 6.45) is 2.92. The first-order chi connectivity index (χ1) is 16.4. The summed E-state index contributed by atoms with van der Waals surface area (Å²) in [6, 6.07) is 13.4. The van der Waals surface area contributed by atoms with Crippen molar-refractivity contribution < 1.29 is 14.7 Å². The lowest BCUT2D eigenvalue weighted by molar-refractivity contribution is -0.122. The van der Waals surface area contributed by atoms with Crippen molar-refractivity contribution in [3.63, 3.8) is 0 Å². The lowest BCUT2D eigenvalue weighted by Crippen LogP contribution is -2.47. The van der Waals surface area contributed by atoms with Gasteiger partial charge in [-0.25, -0.2) is 9.78 Å². The summed E-state index contributed by atoms with van der Waals surface area (Å²) in [5, 5.41) is 13.4. The molecule has 2 aliphatic rings. The van der Waals surface area contributed by atoms with E-state index in [1.54, 1.807) is 24.3 Å². The van der Waals surface area contributed by atoms with E-state index in [2.05, 4.69) is 47.2 Å². The number of anilines is 3. The Balaban J connectivity index is 1.37. The molecule has 1 aliphatic carbocycles. The number of fused-ring (bicyclic) bond motifs is 1. The number of piperazine rings is 1. The second kappa shape index (κ2) is 8.97. The van der Waals surface area contributed by atoms with Gasteiger partial charge in [0.1, 0.15) is 5.82 Å². The van der Waals surface area contributed by atoms with E-state index in [1.807, 2.05) is 0 Å². The number of carboxylic acid groups (broad SMARTS) is 1. The van der Waals surface area contributed by atoms with Crippen LogP contribution in [0.2, 0.25) is 0 Å². The molecule has 0 unspecified atom stereocenters. The third kappa shape index (κ3) is 4.18. The highest BCUT2D eigenvalue weighted by atomic mass is 16.4. The van der Waals surface area contributed by atoms with Crippen LogP contribution in [0, 0.1) is 19.8 Å². The normalized spacial score (nSPS) is 16.4. The number of pyridine rings is 1. The average molecular weight is 459 g/mol. The van der Waals surface area contributed by atoms with Gasteiger partial charge in [-0.15, -0.1) is 0 Å². The molecule has 2 heterocycles. The molecular formula is C27H30N4O3. The van der Waals surface area contributed by atoms with Gasteiger partial charge >= 0.3 is 5.97 Å². The fraction of sp³-hybridized carbons (Fsp3) is 0.370. The average Bonchev–Trinajstić information content (AvgIpc) is 2.79. The molecule has 176 valence electrons. The predicted molar refractivity (Wildman–Crippen MR) is 135 cm³/mol. The summed E-state index contributed by atoms with van der Waals surface area (Å²) in [4.78, 5) is 33.8. The van der Waals surface area contributed by atoms with Gasteiger partial charge in [0.15, 0.2) is 0 Å². The number of hydrogen-bond acceptors (Lipinski definition) is 5. The Morgan fingerprint density at radius 1 is 1.00 bits per heavy atom. The largest absolute Gasteiger partial charge is 0.478 e. The first kappa shape index (κ1) is 22.2. The first-order valence-electron chi connectivity index (χ1n) is 12.0. The zero-order valence-corrected chi connectivity index (χ0v) is 19.7. The number of aryl methyl sites for hydroxylation is 1. The van der Waals surface area contributed by atoms with Gasteiger partial charge in [0.25, 0.3) is 0 Å². The van der Waals surface area contributed by atoms with Crippen molar-refractivity contribution in [1.82, 2.24) is 4.98 Å². The van der Waals surface area contributed by atoms with Crippen molar-refractivity contribution in [2.24, 2.45) is 5.92 Å². The maximum Gasteiger partial charge on any atom is 0.336 e. The van der Waals surface area contributed by atoms with Gasteiger partial charge < -0.3 is 20.2 Å². The zero-order valence-electron chi connectivity index (χ0n) is 19.7. The Bertz CT molecular complexity index is 1260. The number of carbonyl (C=O) groups excluding carboxylic acids is 1. The molecule has 1 aromatic heterocycles. The number of carboxylic acids is 1. The minimum atomic E-state index is -0.995. The number of hydrogen-bond donors (Lipinski definition) is 2. The van der Waals surface area contributed by atoms with E-state index < -0.39 is 5.97 Å². The summed E-state index contributed by atoms with van der Waals surface area (Å²) in [5.41, 5.74) is 5.28. The Kier molecular flexibility index (Phi) is 5.86. The number of aromatic nitrogens is 1. The predicted octanol–water partition coefficient (Wildman–Crippen LogP) is 4.62. The lowest BCUT2D eigenvalue weighted by atomic mass is 9.85. The van der Waals surface area contributed by atoms with Crippen LogP contribution in [0.5, 0.6) is 0 Å². The van der Waals surface area contributed by atoms with E-state index >= 15 is 0 Å². The van der Waals surface area contributed by atoms with Crippen LogP contribution in [-0.2, 0) is 4.79 Å². The molecule has 34 heavy (non-hydrogen) atoms. The maximum absolute atomic E-state index is 12.3. The highest BCUT2D eigenvalue weighted by Crippen LogP contribution is 2.30. The molecule has 0 radical (unpaired) electrons. The Hall–Kier alpha value is -3.61. The van der Waals surface area contributed by atoms with Crippen LogP contribution in [-0.4, -0.2) is 48.1 Å². The number of carbonyl (C=O) groups is 2. The van der Waals surface area contributed by atoms with Crippen LogP contribution in [0.25, 0.3) is 10.9 Å². The molecule has 1 aliphatic heterocycles. The van der Waals surface area contributed by atoms with E-state index in [1.165, 1.54) is 16.8 Å². The molecule has 7 heteroatoms. The van der Waals surface area contributed by atoms with Gasteiger partial charge in [-0.05, 0) is 68.1 Å². The van der Waals surface area contributed by atoms with Crippen molar-refractivity contribution >= 4 is 40.0 Å². The molecule has 0 spiro atoms. The van der Waals surface area contributed by atoms with E-state index in [0.717, 1.165) is 45.4 Å². The number of nitrogens with one attached hydrogen (secondary N) is 1. The smallest absolute Gasteiger partial charge is 0.336 e. The standard InChI is InChI=1S/C27H30N4O3/c1-17-5-3-8-24(18(17)2)30-11-13-31(14-12-30)25-16-22(27(33)34)21-15-20(9-10-23(21)29-25)28-26(32)19-6-4-7-19/h3,5,8-10,15-16,19H,4,6-7,11-14H2,1-2H3,(H,28,32)(H,33,34). The molecule has 1 saturated carbocycles. The molecule has 1 saturated heterocycles. The van der Waals surface area contributed by atoms with Gasteiger partial charge in [0.2, 0.25) is 5.91 Å². The Morgan fingerprint density at radius 2 is 1.74 bits per heavy atom. The minimum Gasteiger partial charge on any atom is -0.478 e. The second-order valence-electron chi connectivity index (χ2n) is 9.38. The van der Waals surface area contributed by atoms with E-state index in [9.17, 15) is 14.7 Å². The van der Waals surface area contributed by atoms with Crippen LogP contribution in [0.3, 0.4) is 0 Å². The van der Waals surface area contributed by atoms with Crippen molar-refractivity contribution in [3.8, 4) is 0 Å². The topological polar surface area (TPSA) is 85.8 Å². The van der Waals surface area contributed by atoms with Gasteiger partial charge in [-0.3, -0.25) is 4.79 Å². The second-order valence-corrected chi connectivity index (χ2v) is 9.38. The zero-order chi connectivity index (χ0) is 23.8. The van der Waals surface area contributed by atoms with Gasteiger partial charge in [-0.2, -0.15) is 0 Å². The fourth-order valence-electron chi connectivity index (χ4n) is 4.80. The monoisotopic (exact) mass is 458 g/mol. The highest BCUT2D eigenvalue weighted by molar-refractivity contribution is 6.05. The molecule has 2 aromatic carbocycles. The van der Waals surface area contributed by atoms with E-state index in [0.29, 0.717) is 22.4 Å². The summed E-state index contributed by atoms with van der Waals surface area (Å²) in [6.45, 7) is 7.51. The maximum atomic E-state index is 12.3. The van der Waals surface area contributed by atoms with Gasteiger partial charge in [0, 0.05) is 48.9 Å². The number of rotatable bonds is 5. The highest BCUT2D eigenvalue weighted by Gasteiger charge is 2.26. The van der Waals surface area contributed by atoms with Crippen molar-refractivity contribution in [2.75, 3.05) is 41.3 Å². The summed E-state index contributed by atoms with van der Waals surface area (Å²) in [7, 11) is 0. The summed E-state index contributed by atoms with van der Waals surface area (Å²) >= 11 is 0. The molecule has 3 aromatic rings. The Labute approximate surface area is 199 Å². The molecular weight excluding hydrogens is 428 g/mol. The third-order valence-corrected chi connectivity index (χ3v) is 7.29. The molecule has 2 fully saturated rings. The molecule has 2 N–H and O–H groups in total. The number of benzene rings is 2. The first-order valence-corrected chi connectivity index (χ1v) is 12.0. The molecule has 0 bridgehead atoms. The lowest BCUT2D eigenvalue weighted by Gasteiger charge is -2.37.